The number of hydrogen-bond donors (Lipinski definition) is 0. The number of ether oxygens (including phenoxy) is 1. The van der Waals surface area contributed by atoms with Crippen molar-refractivity contribution in [2.45, 2.75) is 52.4 Å². The summed E-state index contributed by atoms with van der Waals surface area (Å²) in [6.07, 6.45) is 3.76. The van der Waals surface area contributed by atoms with E-state index in [0.29, 0.717) is 11.5 Å². The second-order valence-corrected chi connectivity index (χ2v) is 12.7. The monoisotopic (exact) mass is 729 g/mol. The van der Waals surface area contributed by atoms with Crippen molar-refractivity contribution in [2.75, 3.05) is 0 Å². The first-order chi connectivity index (χ1) is 19.6. The molecule has 0 spiro atoms. The zero-order valence-corrected chi connectivity index (χ0v) is 27.1. The molecule has 42 heavy (non-hydrogen) atoms. The molecule has 4 aromatic carbocycles. The first-order valence-electron chi connectivity index (χ1n) is 14.1. The summed E-state index contributed by atoms with van der Waals surface area (Å²) >= 11 is 0. The number of aromatic nitrogens is 2. The molecule has 2 aromatic heterocycles. The van der Waals surface area contributed by atoms with Crippen LogP contribution in [0.1, 0.15) is 52.7 Å². The molecule has 2 heterocycles. The minimum atomic E-state index is 0. The van der Waals surface area contributed by atoms with E-state index in [-0.39, 0.29) is 31.9 Å². The number of rotatable bonds is 4. The van der Waals surface area contributed by atoms with Gasteiger partial charge in [-0.05, 0) is 45.5 Å². The van der Waals surface area contributed by atoms with Gasteiger partial charge < -0.3 is 14.7 Å². The van der Waals surface area contributed by atoms with Gasteiger partial charge in [-0.2, -0.15) is 0 Å². The Hall–Kier alpha value is -3.81. The molecule has 0 radical (unpaired) electrons. The van der Waals surface area contributed by atoms with Crippen LogP contribution < -0.4 is 4.74 Å². The van der Waals surface area contributed by atoms with Crippen molar-refractivity contribution in [1.82, 2.24) is 9.97 Å². The van der Waals surface area contributed by atoms with Gasteiger partial charge in [-0.3, -0.25) is 0 Å². The maximum Gasteiger partial charge on any atom is 2.00 e. The van der Waals surface area contributed by atoms with Gasteiger partial charge in [0.2, 0.25) is 0 Å². The molecule has 0 saturated heterocycles. The van der Waals surface area contributed by atoms with Gasteiger partial charge in [0.25, 0.3) is 0 Å². The number of hydrogen-bond acceptors (Lipinski definition) is 3. The number of benzene rings is 4. The summed E-state index contributed by atoms with van der Waals surface area (Å²) < 4.78 is 6.65. The van der Waals surface area contributed by atoms with E-state index in [0.717, 1.165) is 44.1 Å². The Kier molecular flexibility index (Phi) is 8.10. The van der Waals surface area contributed by atoms with Crippen molar-refractivity contribution in [3.63, 3.8) is 0 Å². The molecule has 6 aromatic rings. The van der Waals surface area contributed by atoms with Crippen LogP contribution in [0.2, 0.25) is 0 Å². The van der Waals surface area contributed by atoms with Crippen LogP contribution in [0.15, 0.2) is 97.3 Å². The van der Waals surface area contributed by atoms with Crippen molar-refractivity contribution in [3.8, 4) is 34.0 Å². The molecule has 0 aliphatic heterocycles. The molecule has 0 aliphatic rings. The Morgan fingerprint density at radius 2 is 1.14 bits per heavy atom. The van der Waals surface area contributed by atoms with Crippen molar-refractivity contribution in [2.24, 2.45) is 0 Å². The summed E-state index contributed by atoms with van der Waals surface area (Å²) in [6, 6.07) is 36.3. The number of nitrogens with zero attached hydrogens (tertiary/aromatic N) is 2. The van der Waals surface area contributed by atoms with Crippen LogP contribution in [0.3, 0.4) is 0 Å². The minimum absolute atomic E-state index is 0. The van der Waals surface area contributed by atoms with E-state index in [1.54, 1.807) is 0 Å². The summed E-state index contributed by atoms with van der Waals surface area (Å²) in [5, 5.41) is 4.21. The van der Waals surface area contributed by atoms with E-state index in [1.807, 2.05) is 36.7 Å². The van der Waals surface area contributed by atoms with Gasteiger partial charge in [-0.1, -0.05) is 142 Å². The first kappa shape index (κ1) is 29.7. The molecule has 0 saturated carbocycles. The summed E-state index contributed by atoms with van der Waals surface area (Å²) in [5.41, 5.74) is 6.04. The zero-order chi connectivity index (χ0) is 28.8. The van der Waals surface area contributed by atoms with Crippen molar-refractivity contribution in [3.05, 3.63) is 121 Å². The average Bonchev–Trinajstić information content (AvgIpc) is 2.96. The maximum atomic E-state index is 6.65. The largest absolute Gasteiger partial charge is 2.00 e. The van der Waals surface area contributed by atoms with Gasteiger partial charge >= 0.3 is 21.1 Å². The molecule has 4 heteroatoms. The maximum absolute atomic E-state index is 6.65. The molecule has 212 valence electrons. The Morgan fingerprint density at radius 3 is 1.79 bits per heavy atom. The Balaban J connectivity index is 0.00000353. The molecular formula is C38H34N2OPt. The van der Waals surface area contributed by atoms with E-state index >= 15 is 0 Å². The number of pyridine rings is 2. The number of fused-ring (bicyclic) bond motifs is 2. The topological polar surface area (TPSA) is 35.0 Å². The smallest absolute Gasteiger partial charge is 0.496 e. The van der Waals surface area contributed by atoms with Crippen LogP contribution in [0.25, 0.3) is 44.1 Å². The van der Waals surface area contributed by atoms with E-state index in [9.17, 15) is 0 Å². The normalized spacial score (nSPS) is 11.9. The molecule has 0 aliphatic carbocycles. The van der Waals surface area contributed by atoms with Gasteiger partial charge in [-0.15, -0.1) is 17.2 Å². The fourth-order valence-electron chi connectivity index (χ4n) is 5.09. The predicted octanol–water partition coefficient (Wildman–Crippen LogP) is 10.1. The van der Waals surface area contributed by atoms with Crippen LogP contribution in [-0.2, 0) is 31.9 Å². The predicted molar refractivity (Wildman–Crippen MR) is 170 cm³/mol. The molecule has 0 atom stereocenters. The van der Waals surface area contributed by atoms with E-state index in [1.165, 1.54) is 11.1 Å². The SMILES string of the molecule is CC(C)(C)c1ccnc(-c2[c-]c(Oc3[c-]c(-c4cc(C(C)(C)C)ccn4)c4ccccc4c3)c3ccccc3c2)c1.[Pt+2]. The standard InChI is InChI=1S/C38H34N2O.Pt/c1-37(2,3)28-15-17-39-34(22-28)27-19-25-11-8-10-14-32(25)36(21-27)41-30-20-26-12-7-9-13-31(26)33(24-30)35-23-29(16-18-40-35)38(4,5)6;/h7-20,22-23H,1-6H3;/q-2;+2. The van der Waals surface area contributed by atoms with Gasteiger partial charge in [0.1, 0.15) is 0 Å². The Bertz CT molecular complexity index is 1900. The van der Waals surface area contributed by atoms with Crippen LogP contribution >= 0.6 is 0 Å². The van der Waals surface area contributed by atoms with Crippen LogP contribution in [0.4, 0.5) is 0 Å². The van der Waals surface area contributed by atoms with E-state index in [4.69, 9.17) is 14.7 Å². The van der Waals surface area contributed by atoms with Gasteiger partial charge in [0.15, 0.2) is 0 Å². The van der Waals surface area contributed by atoms with E-state index < -0.39 is 0 Å². The Morgan fingerprint density at radius 1 is 0.595 bits per heavy atom. The minimum Gasteiger partial charge on any atom is -0.496 e. The molecule has 0 amide bonds. The average molecular weight is 730 g/mol. The second kappa shape index (κ2) is 11.5. The molecule has 3 nitrogen and oxygen atoms in total. The molecule has 0 N–H and O–H groups in total. The third-order valence-electron chi connectivity index (χ3n) is 7.51. The van der Waals surface area contributed by atoms with Crippen LogP contribution in [-0.4, -0.2) is 9.97 Å². The van der Waals surface area contributed by atoms with Crippen molar-refractivity contribution in [1.29, 1.82) is 0 Å². The molecule has 6 rings (SSSR count). The summed E-state index contributed by atoms with van der Waals surface area (Å²) in [5.74, 6) is 1.27. The quantitative estimate of drug-likeness (QED) is 0.170. The summed E-state index contributed by atoms with van der Waals surface area (Å²) in [7, 11) is 0. The van der Waals surface area contributed by atoms with Crippen LogP contribution in [0, 0.1) is 12.1 Å². The van der Waals surface area contributed by atoms with Crippen molar-refractivity contribution >= 4 is 21.5 Å². The van der Waals surface area contributed by atoms with E-state index in [2.05, 4.69) is 114 Å². The Labute approximate surface area is 263 Å². The van der Waals surface area contributed by atoms with Gasteiger partial charge in [0, 0.05) is 18.1 Å². The second-order valence-electron chi connectivity index (χ2n) is 12.7. The molecule has 0 fully saturated rings. The zero-order valence-electron chi connectivity index (χ0n) is 24.9. The first-order valence-corrected chi connectivity index (χ1v) is 14.1. The fourth-order valence-corrected chi connectivity index (χ4v) is 5.09. The van der Waals surface area contributed by atoms with Gasteiger partial charge in [-0.25, -0.2) is 0 Å². The van der Waals surface area contributed by atoms with Crippen molar-refractivity contribution < 1.29 is 25.8 Å². The summed E-state index contributed by atoms with van der Waals surface area (Å²) in [6.45, 7) is 13.3. The van der Waals surface area contributed by atoms with Gasteiger partial charge in [0.05, 0.1) is 5.75 Å². The fraction of sp³-hybridized carbons (Fsp3) is 0.211. The summed E-state index contributed by atoms with van der Waals surface area (Å²) in [4.78, 5) is 9.45. The third-order valence-corrected chi connectivity index (χ3v) is 7.51. The molecular weight excluding hydrogens is 696 g/mol. The molecule has 0 unspecified atom stereocenters. The molecule has 0 bridgehead atoms. The van der Waals surface area contributed by atoms with Crippen LogP contribution in [0.5, 0.6) is 11.5 Å². The third kappa shape index (κ3) is 6.03.